The lowest BCUT2D eigenvalue weighted by Crippen LogP contribution is -2.10. The Morgan fingerprint density at radius 3 is 2.69 bits per heavy atom. The van der Waals surface area contributed by atoms with Gasteiger partial charge in [0, 0.05) is 13.0 Å². The molecule has 1 aliphatic carbocycles. The van der Waals surface area contributed by atoms with E-state index in [4.69, 9.17) is 5.11 Å². The minimum absolute atomic E-state index is 0.237. The number of carbonyl (C=O) groups excluding carboxylic acids is 1. The molecule has 0 aromatic carbocycles. The first-order valence-corrected chi connectivity index (χ1v) is 5.08. The van der Waals surface area contributed by atoms with E-state index < -0.39 is 0 Å². The molecule has 0 heterocycles. The van der Waals surface area contributed by atoms with Crippen LogP contribution in [0.4, 0.5) is 0 Å². The molecule has 0 radical (unpaired) electrons. The standard InChI is InChI=1S/C11H18O2/c1-9-5-4-7-11(13)10(9)6-2-3-8-12/h12H,2-8H2,1H3. The van der Waals surface area contributed by atoms with Gasteiger partial charge in [-0.1, -0.05) is 5.57 Å². The van der Waals surface area contributed by atoms with Gasteiger partial charge in [0.2, 0.25) is 0 Å². The highest BCUT2D eigenvalue weighted by molar-refractivity contribution is 5.96. The number of unbranched alkanes of at least 4 members (excludes halogenated alkanes) is 1. The molecule has 0 atom stereocenters. The molecule has 0 bridgehead atoms. The number of allylic oxidation sites excluding steroid dienone is 2. The largest absolute Gasteiger partial charge is 0.396 e. The summed E-state index contributed by atoms with van der Waals surface area (Å²) >= 11 is 0. The number of carbonyl (C=O) groups is 1. The van der Waals surface area contributed by atoms with Gasteiger partial charge in [-0.15, -0.1) is 0 Å². The highest BCUT2D eigenvalue weighted by atomic mass is 16.2. The van der Waals surface area contributed by atoms with Crippen LogP contribution in [0.3, 0.4) is 0 Å². The number of hydrogen-bond donors (Lipinski definition) is 1. The van der Waals surface area contributed by atoms with Crippen molar-refractivity contribution in [1.82, 2.24) is 0 Å². The summed E-state index contributed by atoms with van der Waals surface area (Å²) in [6.07, 6.45) is 5.45. The fourth-order valence-corrected chi connectivity index (χ4v) is 1.82. The van der Waals surface area contributed by atoms with E-state index >= 15 is 0 Å². The van der Waals surface area contributed by atoms with Crippen molar-refractivity contribution in [2.24, 2.45) is 0 Å². The normalized spacial score (nSPS) is 18.2. The molecule has 1 rings (SSSR count). The van der Waals surface area contributed by atoms with Crippen LogP contribution in [0.25, 0.3) is 0 Å². The lowest BCUT2D eigenvalue weighted by molar-refractivity contribution is -0.116. The number of aliphatic hydroxyl groups excluding tert-OH is 1. The predicted octanol–water partition coefficient (Wildman–Crippen LogP) is 2.22. The molecule has 0 unspecified atom stereocenters. The summed E-state index contributed by atoms with van der Waals surface area (Å²) in [4.78, 5) is 11.5. The number of rotatable bonds is 4. The maximum Gasteiger partial charge on any atom is 0.158 e. The van der Waals surface area contributed by atoms with Crippen molar-refractivity contribution in [2.75, 3.05) is 6.61 Å². The second-order valence-corrected chi connectivity index (χ2v) is 3.72. The number of Topliss-reactive ketones (excluding diaryl/α,β-unsaturated/α-hetero) is 1. The van der Waals surface area contributed by atoms with E-state index in [1.807, 2.05) is 0 Å². The molecule has 74 valence electrons. The quantitative estimate of drug-likeness (QED) is 0.677. The number of aliphatic hydroxyl groups is 1. The van der Waals surface area contributed by atoms with Gasteiger partial charge in [-0.2, -0.15) is 0 Å². The second kappa shape index (κ2) is 5.18. The molecule has 2 nitrogen and oxygen atoms in total. The van der Waals surface area contributed by atoms with E-state index in [0.717, 1.165) is 44.1 Å². The van der Waals surface area contributed by atoms with Crippen LogP contribution < -0.4 is 0 Å². The van der Waals surface area contributed by atoms with E-state index in [1.165, 1.54) is 5.57 Å². The lowest BCUT2D eigenvalue weighted by atomic mass is 9.88. The fraction of sp³-hybridized carbons (Fsp3) is 0.727. The van der Waals surface area contributed by atoms with Crippen molar-refractivity contribution in [3.8, 4) is 0 Å². The van der Waals surface area contributed by atoms with Gasteiger partial charge in [0.15, 0.2) is 5.78 Å². The summed E-state index contributed by atoms with van der Waals surface area (Å²) in [5, 5.41) is 8.63. The molecule has 2 heteroatoms. The number of hydrogen-bond acceptors (Lipinski definition) is 2. The van der Waals surface area contributed by atoms with Crippen LogP contribution in [0, 0.1) is 0 Å². The zero-order valence-corrected chi connectivity index (χ0v) is 8.31. The third-order valence-electron chi connectivity index (χ3n) is 2.64. The maximum absolute atomic E-state index is 11.5. The van der Waals surface area contributed by atoms with E-state index in [2.05, 4.69) is 6.92 Å². The van der Waals surface area contributed by atoms with Crippen LogP contribution >= 0.6 is 0 Å². The molecule has 0 amide bonds. The van der Waals surface area contributed by atoms with Crippen LogP contribution in [0.15, 0.2) is 11.1 Å². The van der Waals surface area contributed by atoms with Crippen LogP contribution in [0.5, 0.6) is 0 Å². The first-order chi connectivity index (χ1) is 6.25. The SMILES string of the molecule is CC1=C(CCCCO)C(=O)CCC1. The van der Waals surface area contributed by atoms with Crippen LogP contribution in [0.2, 0.25) is 0 Å². The average molecular weight is 182 g/mol. The summed E-state index contributed by atoms with van der Waals surface area (Å²) in [5.74, 6) is 0.335. The van der Waals surface area contributed by atoms with Gasteiger partial charge in [0.1, 0.15) is 0 Å². The average Bonchev–Trinajstić information content (AvgIpc) is 2.10. The first kappa shape index (κ1) is 10.5. The van der Waals surface area contributed by atoms with E-state index in [9.17, 15) is 4.79 Å². The Morgan fingerprint density at radius 2 is 2.08 bits per heavy atom. The predicted molar refractivity (Wildman–Crippen MR) is 52.5 cm³/mol. The molecule has 13 heavy (non-hydrogen) atoms. The van der Waals surface area contributed by atoms with Crippen LogP contribution in [0.1, 0.15) is 45.4 Å². The summed E-state index contributed by atoms with van der Waals surface area (Å²) in [6, 6.07) is 0. The lowest BCUT2D eigenvalue weighted by Gasteiger charge is -2.16. The Labute approximate surface area is 79.6 Å². The maximum atomic E-state index is 11.5. The van der Waals surface area contributed by atoms with Crippen LogP contribution in [-0.4, -0.2) is 17.5 Å². The topological polar surface area (TPSA) is 37.3 Å². The van der Waals surface area contributed by atoms with E-state index in [1.54, 1.807) is 0 Å². The molecule has 0 aliphatic heterocycles. The van der Waals surface area contributed by atoms with Gasteiger partial charge in [0.05, 0.1) is 0 Å². The molecular weight excluding hydrogens is 164 g/mol. The molecular formula is C11H18O2. The summed E-state index contributed by atoms with van der Waals surface area (Å²) in [5.41, 5.74) is 2.31. The zero-order valence-electron chi connectivity index (χ0n) is 8.31. The van der Waals surface area contributed by atoms with E-state index in [0.29, 0.717) is 5.78 Å². The summed E-state index contributed by atoms with van der Waals surface area (Å²) in [6.45, 7) is 2.30. The van der Waals surface area contributed by atoms with Crippen molar-refractivity contribution >= 4 is 5.78 Å². The minimum Gasteiger partial charge on any atom is -0.396 e. The van der Waals surface area contributed by atoms with Gasteiger partial charge in [-0.25, -0.2) is 0 Å². The molecule has 0 aromatic rings. The molecule has 0 fully saturated rings. The Bertz CT molecular complexity index is 216. The van der Waals surface area contributed by atoms with Gasteiger partial charge in [-0.3, -0.25) is 4.79 Å². The molecule has 0 aromatic heterocycles. The van der Waals surface area contributed by atoms with Crippen molar-refractivity contribution in [3.05, 3.63) is 11.1 Å². The van der Waals surface area contributed by atoms with Crippen LogP contribution in [-0.2, 0) is 4.79 Å². The van der Waals surface area contributed by atoms with Gasteiger partial charge in [-0.05, 0) is 44.6 Å². The Kier molecular flexibility index (Phi) is 4.16. The van der Waals surface area contributed by atoms with Crippen molar-refractivity contribution < 1.29 is 9.90 Å². The highest BCUT2D eigenvalue weighted by Crippen LogP contribution is 2.25. The van der Waals surface area contributed by atoms with Crippen molar-refractivity contribution in [2.45, 2.75) is 45.4 Å². The number of ketones is 1. The van der Waals surface area contributed by atoms with Crippen molar-refractivity contribution in [1.29, 1.82) is 0 Å². The Morgan fingerprint density at radius 1 is 1.31 bits per heavy atom. The summed E-state index contributed by atoms with van der Waals surface area (Å²) in [7, 11) is 0. The molecule has 1 N–H and O–H groups in total. The fourth-order valence-electron chi connectivity index (χ4n) is 1.82. The summed E-state index contributed by atoms with van der Waals surface area (Å²) < 4.78 is 0. The monoisotopic (exact) mass is 182 g/mol. The smallest absolute Gasteiger partial charge is 0.158 e. The third kappa shape index (κ3) is 2.96. The van der Waals surface area contributed by atoms with E-state index in [-0.39, 0.29) is 6.61 Å². The first-order valence-electron chi connectivity index (χ1n) is 5.08. The zero-order chi connectivity index (χ0) is 9.68. The molecule has 0 saturated heterocycles. The molecule has 1 aliphatic rings. The van der Waals surface area contributed by atoms with Gasteiger partial charge >= 0.3 is 0 Å². The van der Waals surface area contributed by atoms with Crippen molar-refractivity contribution in [3.63, 3.8) is 0 Å². The third-order valence-corrected chi connectivity index (χ3v) is 2.64. The minimum atomic E-state index is 0.237. The Hall–Kier alpha value is -0.630. The van der Waals surface area contributed by atoms with Gasteiger partial charge < -0.3 is 5.11 Å². The van der Waals surface area contributed by atoms with Gasteiger partial charge in [0.25, 0.3) is 0 Å². The molecule has 0 spiro atoms. The Balaban J connectivity index is 2.48. The second-order valence-electron chi connectivity index (χ2n) is 3.72. The highest BCUT2D eigenvalue weighted by Gasteiger charge is 2.16. The molecule has 0 saturated carbocycles.